The standard InChI is InChI=1S/C18H16N10O5S3/c1-33-27-8(6-3-35-17(20)22-6)13(29)23-9-14(30)28-10(16(31)32)7(4-34-15(9)28)36-18-24-11(19)5-2-21-26-12(5)25-18/h2-3,9,15H,4H2,1H3,(H2,20,22)(H,23,29)(H,31,32)(H3,19,21,24,25,26)/b27-8-/t9?,15-/m1/s1. The van der Waals surface area contributed by atoms with Gasteiger partial charge in [0, 0.05) is 16.0 Å². The van der Waals surface area contributed by atoms with Gasteiger partial charge < -0.3 is 26.7 Å². The van der Waals surface area contributed by atoms with Crippen molar-refractivity contribution in [2.24, 2.45) is 5.16 Å². The van der Waals surface area contributed by atoms with Crippen LogP contribution in [0.25, 0.3) is 11.0 Å². The van der Waals surface area contributed by atoms with Crippen molar-refractivity contribution in [3.63, 3.8) is 0 Å². The lowest BCUT2D eigenvalue weighted by molar-refractivity contribution is -0.150. The maximum absolute atomic E-state index is 13.0. The number of aromatic nitrogens is 5. The van der Waals surface area contributed by atoms with Crippen LogP contribution in [0.2, 0.25) is 0 Å². The summed E-state index contributed by atoms with van der Waals surface area (Å²) in [7, 11) is 1.26. The van der Waals surface area contributed by atoms with Gasteiger partial charge in [0.15, 0.2) is 21.6 Å². The number of rotatable bonds is 7. The molecule has 0 saturated carbocycles. The molecule has 0 spiro atoms. The third-order valence-electron chi connectivity index (χ3n) is 5.12. The van der Waals surface area contributed by atoms with E-state index < -0.39 is 29.2 Å². The van der Waals surface area contributed by atoms with Crippen LogP contribution in [0.3, 0.4) is 0 Å². The van der Waals surface area contributed by atoms with Gasteiger partial charge in [0.1, 0.15) is 35.7 Å². The Hall–Kier alpha value is -3.90. The summed E-state index contributed by atoms with van der Waals surface area (Å²) in [5, 5.41) is 24.6. The maximum Gasteiger partial charge on any atom is 0.353 e. The van der Waals surface area contributed by atoms with Crippen molar-refractivity contribution in [1.82, 2.24) is 35.4 Å². The molecule has 1 unspecified atom stereocenters. The van der Waals surface area contributed by atoms with Gasteiger partial charge in [-0.25, -0.2) is 19.7 Å². The lowest BCUT2D eigenvalue weighted by Crippen LogP contribution is -2.71. The van der Waals surface area contributed by atoms with E-state index >= 15 is 0 Å². The molecule has 2 aliphatic rings. The molecule has 18 heteroatoms. The highest BCUT2D eigenvalue weighted by Crippen LogP contribution is 2.44. The minimum atomic E-state index is -1.30. The Morgan fingerprint density at radius 2 is 2.17 bits per heavy atom. The van der Waals surface area contributed by atoms with Crippen LogP contribution in [-0.4, -0.2) is 82.9 Å². The summed E-state index contributed by atoms with van der Waals surface area (Å²) in [5.74, 6) is -2.17. The maximum atomic E-state index is 13.0. The van der Waals surface area contributed by atoms with E-state index in [0.717, 1.165) is 28.0 Å². The SMILES string of the molecule is CO/N=C(\C(=O)NC1C(=O)N2C(C(=O)O)=C(Sc3nc(N)c4cn[nH]c4n3)CS[C@H]12)c1csc(N)n1. The Bertz CT molecular complexity index is 1470. The highest BCUT2D eigenvalue weighted by molar-refractivity contribution is 8.06. The number of hydrogen-bond acceptors (Lipinski definition) is 14. The van der Waals surface area contributed by atoms with E-state index in [4.69, 9.17) is 16.3 Å². The molecule has 3 aromatic rings. The molecule has 0 aromatic carbocycles. The molecule has 186 valence electrons. The largest absolute Gasteiger partial charge is 0.477 e. The lowest BCUT2D eigenvalue weighted by Gasteiger charge is -2.49. The second-order valence-corrected chi connectivity index (χ2v) is 10.3. The van der Waals surface area contributed by atoms with Crippen LogP contribution in [0.1, 0.15) is 5.69 Å². The summed E-state index contributed by atoms with van der Waals surface area (Å²) < 4.78 is 0. The molecule has 0 radical (unpaired) electrons. The number of carboxylic acid groups (broad SMARTS) is 1. The number of anilines is 2. The molecule has 36 heavy (non-hydrogen) atoms. The number of carbonyl (C=O) groups is 3. The third kappa shape index (κ3) is 4.07. The quantitative estimate of drug-likeness (QED) is 0.112. The monoisotopic (exact) mass is 548 g/mol. The number of nitrogens with zero attached hydrogens (tertiary/aromatic N) is 6. The van der Waals surface area contributed by atoms with Crippen LogP contribution in [0.4, 0.5) is 10.9 Å². The fourth-order valence-electron chi connectivity index (χ4n) is 3.56. The smallest absolute Gasteiger partial charge is 0.353 e. The van der Waals surface area contributed by atoms with Crippen molar-refractivity contribution >= 4 is 80.3 Å². The summed E-state index contributed by atoms with van der Waals surface area (Å²) in [5.41, 5.74) is 11.8. The van der Waals surface area contributed by atoms with Crippen LogP contribution in [0.5, 0.6) is 0 Å². The number of oxime groups is 1. The molecule has 1 saturated heterocycles. The molecule has 7 N–H and O–H groups in total. The molecule has 0 bridgehead atoms. The minimum absolute atomic E-state index is 0.160. The fourth-order valence-corrected chi connectivity index (χ4v) is 6.53. The second kappa shape index (κ2) is 9.28. The van der Waals surface area contributed by atoms with Crippen LogP contribution in [0, 0.1) is 0 Å². The molecule has 2 atom stereocenters. The number of carboxylic acids is 1. The van der Waals surface area contributed by atoms with Crippen molar-refractivity contribution in [1.29, 1.82) is 0 Å². The van der Waals surface area contributed by atoms with E-state index in [9.17, 15) is 19.5 Å². The third-order valence-corrected chi connectivity index (χ3v) is 8.20. The van der Waals surface area contributed by atoms with Gasteiger partial charge in [-0.1, -0.05) is 16.9 Å². The predicted octanol–water partition coefficient (Wildman–Crippen LogP) is -0.187. The summed E-state index contributed by atoms with van der Waals surface area (Å²) >= 11 is 3.39. The van der Waals surface area contributed by atoms with Crippen molar-refractivity contribution in [3.05, 3.63) is 27.9 Å². The van der Waals surface area contributed by atoms with Crippen LogP contribution < -0.4 is 16.8 Å². The first-order valence-corrected chi connectivity index (χ1v) is 12.7. The van der Waals surface area contributed by atoms with Gasteiger partial charge in [-0.2, -0.15) is 5.10 Å². The van der Waals surface area contributed by atoms with Gasteiger partial charge in [0.05, 0.1) is 11.6 Å². The van der Waals surface area contributed by atoms with Gasteiger partial charge in [-0.3, -0.25) is 19.6 Å². The van der Waals surface area contributed by atoms with Gasteiger partial charge in [-0.05, 0) is 0 Å². The Morgan fingerprint density at radius 1 is 1.36 bits per heavy atom. The first-order valence-electron chi connectivity index (χ1n) is 9.97. The summed E-state index contributed by atoms with van der Waals surface area (Å²) in [4.78, 5) is 56.7. The zero-order valence-electron chi connectivity index (χ0n) is 18.2. The number of aromatic amines is 1. The van der Waals surface area contributed by atoms with Gasteiger partial charge in [0.25, 0.3) is 11.8 Å². The number of thioether (sulfide) groups is 2. The Morgan fingerprint density at radius 3 is 2.86 bits per heavy atom. The van der Waals surface area contributed by atoms with E-state index in [1.807, 2.05) is 0 Å². The number of carbonyl (C=O) groups excluding carboxylic acids is 2. The Kier molecular flexibility index (Phi) is 6.14. The lowest BCUT2D eigenvalue weighted by atomic mass is 10.0. The second-order valence-electron chi connectivity index (χ2n) is 7.26. The number of nitrogens with two attached hydrogens (primary N) is 2. The first-order chi connectivity index (χ1) is 17.3. The molecular weight excluding hydrogens is 532 g/mol. The number of β-lactam (4-membered cyclic amide) rings is 1. The first kappa shape index (κ1) is 23.8. The van der Waals surface area contributed by atoms with Crippen molar-refractivity contribution in [2.45, 2.75) is 16.6 Å². The number of nitrogens with one attached hydrogen (secondary N) is 2. The number of fused-ring (bicyclic) bond motifs is 2. The molecule has 2 aliphatic heterocycles. The molecule has 5 heterocycles. The molecule has 0 aliphatic carbocycles. The number of amides is 2. The van der Waals surface area contributed by atoms with Crippen LogP contribution in [0.15, 0.2) is 32.5 Å². The molecule has 5 rings (SSSR count). The summed E-state index contributed by atoms with van der Waals surface area (Å²) in [6.45, 7) is 0. The predicted molar refractivity (Wildman–Crippen MR) is 132 cm³/mol. The van der Waals surface area contributed by atoms with E-state index in [1.54, 1.807) is 0 Å². The molecule has 3 aromatic heterocycles. The Labute approximate surface area is 213 Å². The highest BCUT2D eigenvalue weighted by Gasteiger charge is 2.54. The molecular formula is C18H16N10O5S3. The number of aliphatic carboxylic acids is 1. The van der Waals surface area contributed by atoms with Gasteiger partial charge >= 0.3 is 5.97 Å². The number of hydrogen-bond donors (Lipinski definition) is 5. The molecule has 1 fully saturated rings. The average molecular weight is 549 g/mol. The zero-order chi connectivity index (χ0) is 25.6. The van der Waals surface area contributed by atoms with E-state index in [1.165, 1.54) is 30.4 Å². The van der Waals surface area contributed by atoms with E-state index in [-0.39, 0.29) is 39.0 Å². The Balaban J connectivity index is 1.37. The normalized spacial score (nSPS) is 19.8. The summed E-state index contributed by atoms with van der Waals surface area (Å²) in [6, 6.07) is -0.977. The van der Waals surface area contributed by atoms with Crippen LogP contribution in [-0.2, 0) is 19.2 Å². The van der Waals surface area contributed by atoms with Crippen molar-refractivity contribution in [2.75, 3.05) is 24.3 Å². The minimum Gasteiger partial charge on any atom is -0.477 e. The van der Waals surface area contributed by atoms with E-state index in [0.29, 0.717) is 15.9 Å². The number of thiazole rings is 1. The van der Waals surface area contributed by atoms with Gasteiger partial charge in [-0.15, -0.1) is 23.1 Å². The average Bonchev–Trinajstić information content (AvgIpc) is 3.49. The van der Waals surface area contributed by atoms with Crippen LogP contribution >= 0.6 is 34.9 Å². The molecule has 15 nitrogen and oxygen atoms in total. The number of nitrogen functional groups attached to an aromatic ring is 2. The number of H-pyrrole nitrogens is 1. The zero-order valence-corrected chi connectivity index (χ0v) is 20.6. The van der Waals surface area contributed by atoms with Crippen molar-refractivity contribution < 1.29 is 24.3 Å². The summed E-state index contributed by atoms with van der Waals surface area (Å²) in [6.07, 6.45) is 1.49. The highest BCUT2D eigenvalue weighted by atomic mass is 32.2. The van der Waals surface area contributed by atoms with Crippen molar-refractivity contribution in [3.8, 4) is 0 Å². The fraction of sp³-hybridized carbons (Fsp3) is 0.222. The topological polar surface area (TPSA) is 228 Å². The molecule has 2 amide bonds. The van der Waals surface area contributed by atoms with E-state index in [2.05, 4.69) is 35.6 Å². The van der Waals surface area contributed by atoms with Gasteiger partial charge in [0.2, 0.25) is 0 Å².